The van der Waals surface area contributed by atoms with Gasteiger partial charge in [0.05, 0.1) is 0 Å². The summed E-state index contributed by atoms with van der Waals surface area (Å²) >= 11 is 6.65. The maximum atomic E-state index is 11.0. The number of hydrogen-bond acceptors (Lipinski definition) is 5. The SMILES string of the molecule is Nc1snc2c(S(=O)(=O)O)cc(Cl)cc12. The molecule has 0 aliphatic rings. The number of hydrogen-bond donors (Lipinski definition) is 2. The number of halogens is 1. The Kier molecular flexibility index (Phi) is 2.34. The second-order valence-corrected chi connectivity index (χ2v) is 5.45. The summed E-state index contributed by atoms with van der Waals surface area (Å²) in [6, 6.07) is 2.64. The van der Waals surface area contributed by atoms with E-state index in [4.69, 9.17) is 21.9 Å². The van der Waals surface area contributed by atoms with Crippen LogP contribution in [-0.4, -0.2) is 17.3 Å². The third-order valence-corrected chi connectivity index (χ3v) is 3.59. The topological polar surface area (TPSA) is 93.3 Å². The van der Waals surface area contributed by atoms with E-state index in [1.807, 2.05) is 0 Å². The maximum absolute atomic E-state index is 11.0. The molecule has 8 heteroatoms. The first kappa shape index (κ1) is 10.6. The van der Waals surface area contributed by atoms with Crippen LogP contribution in [0.25, 0.3) is 10.9 Å². The van der Waals surface area contributed by atoms with Gasteiger partial charge in [-0.15, -0.1) is 0 Å². The van der Waals surface area contributed by atoms with Crippen LogP contribution in [0.3, 0.4) is 0 Å². The molecule has 2 aromatic rings. The third-order valence-electron chi connectivity index (χ3n) is 1.82. The van der Waals surface area contributed by atoms with E-state index in [-0.39, 0.29) is 15.4 Å². The van der Waals surface area contributed by atoms with Gasteiger partial charge < -0.3 is 5.73 Å². The van der Waals surface area contributed by atoms with E-state index in [2.05, 4.69) is 4.37 Å². The van der Waals surface area contributed by atoms with Crippen molar-refractivity contribution in [2.45, 2.75) is 4.90 Å². The summed E-state index contributed by atoms with van der Waals surface area (Å²) in [5, 5.41) is 0.972. The first-order valence-electron chi connectivity index (χ1n) is 3.71. The molecule has 0 saturated heterocycles. The normalized spacial score (nSPS) is 12.1. The smallest absolute Gasteiger partial charge is 0.296 e. The third kappa shape index (κ3) is 1.78. The zero-order valence-corrected chi connectivity index (χ0v) is 9.53. The van der Waals surface area contributed by atoms with Crippen molar-refractivity contribution in [2.24, 2.45) is 0 Å². The highest BCUT2D eigenvalue weighted by Gasteiger charge is 2.18. The van der Waals surface area contributed by atoms with Crippen LogP contribution in [0.4, 0.5) is 5.00 Å². The number of anilines is 1. The average Bonchev–Trinajstić information content (AvgIpc) is 2.45. The van der Waals surface area contributed by atoms with Gasteiger partial charge in [-0.05, 0) is 23.7 Å². The Balaban J connectivity index is 2.97. The highest BCUT2D eigenvalue weighted by atomic mass is 35.5. The van der Waals surface area contributed by atoms with Gasteiger partial charge in [0.1, 0.15) is 15.4 Å². The van der Waals surface area contributed by atoms with Crippen molar-refractivity contribution in [3.05, 3.63) is 17.2 Å². The molecule has 2 rings (SSSR count). The fourth-order valence-corrected chi connectivity index (χ4v) is 2.85. The summed E-state index contributed by atoms with van der Waals surface area (Å²) in [5.74, 6) is 0. The highest BCUT2D eigenvalue weighted by molar-refractivity contribution is 7.86. The van der Waals surface area contributed by atoms with Gasteiger partial charge in [0.15, 0.2) is 0 Å². The molecule has 0 aliphatic carbocycles. The molecule has 0 saturated carbocycles. The van der Waals surface area contributed by atoms with E-state index in [9.17, 15) is 8.42 Å². The number of nitrogens with zero attached hydrogens (tertiary/aromatic N) is 1. The molecule has 0 atom stereocenters. The van der Waals surface area contributed by atoms with Gasteiger partial charge in [-0.3, -0.25) is 4.55 Å². The number of rotatable bonds is 1. The molecule has 0 bridgehead atoms. The van der Waals surface area contributed by atoms with Gasteiger partial charge in [-0.25, -0.2) is 0 Å². The van der Waals surface area contributed by atoms with E-state index >= 15 is 0 Å². The van der Waals surface area contributed by atoms with Crippen LogP contribution >= 0.6 is 23.1 Å². The van der Waals surface area contributed by atoms with Crippen molar-refractivity contribution in [3.8, 4) is 0 Å². The second kappa shape index (κ2) is 3.31. The van der Waals surface area contributed by atoms with Crippen LogP contribution in [0.1, 0.15) is 0 Å². The minimum absolute atomic E-state index is 0.143. The van der Waals surface area contributed by atoms with Crippen molar-refractivity contribution < 1.29 is 13.0 Å². The number of benzene rings is 1. The van der Waals surface area contributed by atoms with Crippen molar-refractivity contribution >= 4 is 49.2 Å². The molecule has 3 N–H and O–H groups in total. The van der Waals surface area contributed by atoms with Gasteiger partial charge in [-0.1, -0.05) is 11.6 Å². The lowest BCUT2D eigenvalue weighted by atomic mass is 10.2. The van der Waals surface area contributed by atoms with Crippen molar-refractivity contribution in [3.63, 3.8) is 0 Å². The minimum Gasteiger partial charge on any atom is -0.389 e. The summed E-state index contributed by atoms with van der Waals surface area (Å²) in [6.45, 7) is 0. The molecule has 0 amide bonds. The number of fused-ring (bicyclic) bond motifs is 1. The van der Waals surface area contributed by atoms with E-state index in [1.165, 1.54) is 6.07 Å². The molecule has 1 heterocycles. The van der Waals surface area contributed by atoms with Crippen LogP contribution in [-0.2, 0) is 10.1 Å². The largest absolute Gasteiger partial charge is 0.389 e. The Bertz CT molecular complexity index is 635. The molecule has 80 valence electrons. The van der Waals surface area contributed by atoms with Crippen molar-refractivity contribution in [1.29, 1.82) is 0 Å². The molecule has 0 radical (unpaired) electrons. The van der Waals surface area contributed by atoms with Crippen LogP contribution in [0.2, 0.25) is 5.02 Å². The van der Waals surface area contributed by atoms with Crippen LogP contribution in [0.5, 0.6) is 0 Å². The quantitative estimate of drug-likeness (QED) is 0.766. The van der Waals surface area contributed by atoms with E-state index < -0.39 is 10.1 Å². The first-order valence-corrected chi connectivity index (χ1v) is 6.30. The molecule has 1 aromatic heterocycles. The van der Waals surface area contributed by atoms with Crippen LogP contribution < -0.4 is 5.73 Å². The molecule has 0 unspecified atom stereocenters. The Morgan fingerprint density at radius 1 is 1.47 bits per heavy atom. The van der Waals surface area contributed by atoms with Gasteiger partial charge in [-0.2, -0.15) is 12.8 Å². The minimum atomic E-state index is -4.33. The Morgan fingerprint density at radius 2 is 2.13 bits per heavy atom. The average molecular weight is 265 g/mol. The Hall–Kier alpha value is -0.890. The van der Waals surface area contributed by atoms with Gasteiger partial charge in [0.25, 0.3) is 10.1 Å². The van der Waals surface area contributed by atoms with Crippen molar-refractivity contribution in [1.82, 2.24) is 4.37 Å². The molecule has 0 spiro atoms. The second-order valence-electron chi connectivity index (χ2n) is 2.82. The van der Waals surface area contributed by atoms with E-state index in [1.54, 1.807) is 0 Å². The van der Waals surface area contributed by atoms with E-state index in [0.717, 1.165) is 17.6 Å². The first-order chi connectivity index (χ1) is 6.89. The Morgan fingerprint density at radius 3 is 2.73 bits per heavy atom. The Labute approximate surface area is 94.4 Å². The summed E-state index contributed by atoms with van der Waals surface area (Å²) in [7, 11) is -4.33. The summed E-state index contributed by atoms with van der Waals surface area (Å²) in [4.78, 5) is -0.321. The number of nitrogens with two attached hydrogens (primary N) is 1. The standard InChI is InChI=1S/C7H5ClN2O3S2/c8-3-1-4-6(10-14-7(4)9)5(2-3)15(11,12)13/h1-2H,9H2,(H,11,12,13). The van der Waals surface area contributed by atoms with E-state index in [0.29, 0.717) is 10.4 Å². The lowest BCUT2D eigenvalue weighted by Crippen LogP contribution is -1.99. The van der Waals surface area contributed by atoms with Crippen LogP contribution in [0.15, 0.2) is 17.0 Å². The highest BCUT2D eigenvalue weighted by Crippen LogP contribution is 2.32. The van der Waals surface area contributed by atoms with Gasteiger partial charge >= 0.3 is 0 Å². The molecular formula is C7H5ClN2O3S2. The monoisotopic (exact) mass is 264 g/mol. The predicted molar refractivity (Wildman–Crippen MR) is 58.9 cm³/mol. The zero-order chi connectivity index (χ0) is 11.2. The fourth-order valence-electron chi connectivity index (χ4n) is 1.20. The molecule has 0 fully saturated rings. The molecule has 5 nitrogen and oxygen atoms in total. The van der Waals surface area contributed by atoms with Gasteiger partial charge in [0, 0.05) is 10.4 Å². The molecular weight excluding hydrogens is 260 g/mol. The molecule has 1 aromatic carbocycles. The summed E-state index contributed by atoms with van der Waals surface area (Å²) < 4.78 is 34.9. The summed E-state index contributed by atoms with van der Waals surface area (Å²) in [6.07, 6.45) is 0. The van der Waals surface area contributed by atoms with Gasteiger partial charge in [0.2, 0.25) is 0 Å². The molecule has 15 heavy (non-hydrogen) atoms. The lowest BCUT2D eigenvalue weighted by molar-refractivity contribution is 0.484. The van der Waals surface area contributed by atoms with Crippen LogP contribution in [0, 0.1) is 0 Å². The fraction of sp³-hybridized carbons (Fsp3) is 0. The zero-order valence-electron chi connectivity index (χ0n) is 7.14. The number of aromatic nitrogens is 1. The van der Waals surface area contributed by atoms with Crippen molar-refractivity contribution in [2.75, 3.05) is 5.73 Å². The lowest BCUT2D eigenvalue weighted by Gasteiger charge is -1.99. The predicted octanol–water partition coefficient (Wildman–Crippen LogP) is 1.78. The molecule has 0 aliphatic heterocycles. The summed E-state index contributed by atoms with van der Waals surface area (Å²) in [5.41, 5.74) is 5.72. The maximum Gasteiger partial charge on any atom is 0.296 e. The number of nitrogen functional groups attached to an aromatic ring is 1.